The van der Waals surface area contributed by atoms with Crippen LogP contribution in [0.4, 0.5) is 0 Å². The number of sulfonamides is 1. The minimum Gasteiger partial charge on any atom is -0.490 e. The fraction of sp³-hybridized carbons (Fsp3) is 0.435. The van der Waals surface area contributed by atoms with Crippen molar-refractivity contribution in [1.29, 1.82) is 0 Å². The van der Waals surface area contributed by atoms with E-state index in [1.54, 1.807) is 17.0 Å². The van der Waals surface area contributed by atoms with Crippen molar-refractivity contribution < 1.29 is 22.7 Å². The van der Waals surface area contributed by atoms with Gasteiger partial charge in [0.2, 0.25) is 15.9 Å². The van der Waals surface area contributed by atoms with Gasteiger partial charge in [0.15, 0.2) is 11.5 Å². The number of hydrogen-bond donors (Lipinski definition) is 0. The summed E-state index contributed by atoms with van der Waals surface area (Å²) >= 11 is 1.48. The van der Waals surface area contributed by atoms with E-state index >= 15 is 0 Å². The van der Waals surface area contributed by atoms with Crippen LogP contribution in [0.25, 0.3) is 6.08 Å². The zero-order chi connectivity index (χ0) is 23.3. The lowest BCUT2D eigenvalue weighted by molar-refractivity contribution is -0.127. The maximum atomic E-state index is 13.0. The van der Waals surface area contributed by atoms with Crippen molar-refractivity contribution in [2.24, 2.45) is 0 Å². The third kappa shape index (κ3) is 5.51. The van der Waals surface area contributed by atoms with E-state index in [1.165, 1.54) is 21.7 Å². The summed E-state index contributed by atoms with van der Waals surface area (Å²) in [6, 6.07) is 7.26. The van der Waals surface area contributed by atoms with E-state index in [9.17, 15) is 13.2 Å². The van der Waals surface area contributed by atoms with Gasteiger partial charge in [0.1, 0.15) is 0 Å². The molecule has 0 aliphatic carbocycles. The number of piperazine rings is 1. The Labute approximate surface area is 194 Å². The number of nitrogens with zero attached hydrogens (tertiary/aromatic N) is 2. The average Bonchev–Trinajstić information content (AvgIpc) is 3.12. The lowest BCUT2D eigenvalue weighted by atomic mass is 10.2. The topological polar surface area (TPSA) is 76.2 Å². The minimum atomic E-state index is -3.53. The Morgan fingerprint density at radius 3 is 2.28 bits per heavy atom. The summed E-state index contributed by atoms with van der Waals surface area (Å²) in [4.78, 5) is 16.5. The zero-order valence-corrected chi connectivity index (χ0v) is 20.6. The maximum Gasteiger partial charge on any atom is 0.246 e. The smallest absolute Gasteiger partial charge is 0.246 e. The van der Waals surface area contributed by atoms with Gasteiger partial charge in [-0.15, -0.1) is 11.3 Å². The summed E-state index contributed by atoms with van der Waals surface area (Å²) in [6.07, 6.45) is 3.25. The second-order valence-electron chi connectivity index (χ2n) is 7.41. The molecule has 174 valence electrons. The molecule has 1 aliphatic heterocycles. The largest absolute Gasteiger partial charge is 0.490 e. The summed E-state index contributed by atoms with van der Waals surface area (Å²) in [5, 5.41) is 0. The highest BCUT2D eigenvalue weighted by atomic mass is 32.2. The number of carbonyl (C=O) groups is 1. The summed E-state index contributed by atoms with van der Waals surface area (Å²) in [6.45, 7) is 9.90. The molecule has 2 aromatic rings. The first-order chi connectivity index (χ1) is 15.3. The standard InChI is InChI=1S/C23H30N2O5S2/c1-5-29-20-9-7-19(16-21(20)30-6-2)8-10-23(26)24-11-13-25(14-12-24)32(27,28)22-15-17(3)31-18(22)4/h7-10,15-16H,5-6,11-14H2,1-4H3/b10-8+. The SMILES string of the molecule is CCOc1ccc(/C=C/C(=O)N2CCN(S(=O)(=O)c3cc(C)sc3C)CC2)cc1OCC. The molecule has 7 nitrogen and oxygen atoms in total. The highest BCUT2D eigenvalue weighted by molar-refractivity contribution is 7.89. The van der Waals surface area contributed by atoms with Crippen LogP contribution in [0.2, 0.25) is 0 Å². The van der Waals surface area contributed by atoms with Crippen LogP contribution in [0.3, 0.4) is 0 Å². The van der Waals surface area contributed by atoms with Crippen LogP contribution in [0.15, 0.2) is 35.2 Å². The van der Waals surface area contributed by atoms with Crippen molar-refractivity contribution in [2.45, 2.75) is 32.6 Å². The van der Waals surface area contributed by atoms with Gasteiger partial charge in [-0.05, 0) is 57.5 Å². The van der Waals surface area contributed by atoms with Crippen LogP contribution in [0.5, 0.6) is 11.5 Å². The fourth-order valence-electron chi connectivity index (χ4n) is 3.60. The Kier molecular flexibility index (Phi) is 7.97. The number of amides is 1. The Morgan fingerprint density at radius 1 is 1.03 bits per heavy atom. The van der Waals surface area contributed by atoms with Crippen LogP contribution in [-0.2, 0) is 14.8 Å². The molecule has 2 heterocycles. The van der Waals surface area contributed by atoms with Crippen molar-refractivity contribution in [2.75, 3.05) is 39.4 Å². The predicted octanol–water partition coefficient (Wildman–Crippen LogP) is 3.71. The van der Waals surface area contributed by atoms with Gasteiger partial charge < -0.3 is 14.4 Å². The summed E-state index contributed by atoms with van der Waals surface area (Å²) in [5.74, 6) is 1.17. The van der Waals surface area contributed by atoms with Crippen molar-refractivity contribution in [1.82, 2.24) is 9.21 Å². The first-order valence-electron chi connectivity index (χ1n) is 10.7. The number of aryl methyl sites for hydroxylation is 2. The Morgan fingerprint density at radius 2 is 1.69 bits per heavy atom. The zero-order valence-electron chi connectivity index (χ0n) is 19.0. The second-order valence-corrected chi connectivity index (χ2v) is 10.8. The molecule has 1 amide bonds. The first kappa shape index (κ1) is 24.3. The highest BCUT2D eigenvalue weighted by Crippen LogP contribution is 2.30. The number of thiophene rings is 1. The van der Waals surface area contributed by atoms with Crippen LogP contribution in [0, 0.1) is 13.8 Å². The van der Waals surface area contributed by atoms with Crippen molar-refractivity contribution >= 4 is 33.3 Å². The molecule has 0 radical (unpaired) electrons. The number of hydrogen-bond acceptors (Lipinski definition) is 6. The minimum absolute atomic E-state index is 0.142. The van der Waals surface area contributed by atoms with E-state index in [2.05, 4.69) is 0 Å². The molecular weight excluding hydrogens is 448 g/mol. The van der Waals surface area contributed by atoms with E-state index in [0.717, 1.165) is 15.3 Å². The molecule has 0 saturated carbocycles. The average molecular weight is 479 g/mol. The van der Waals surface area contributed by atoms with Crippen LogP contribution in [0.1, 0.15) is 29.2 Å². The molecule has 1 aromatic heterocycles. The van der Waals surface area contributed by atoms with E-state index in [4.69, 9.17) is 9.47 Å². The molecule has 0 spiro atoms. The quantitative estimate of drug-likeness (QED) is 0.541. The summed E-state index contributed by atoms with van der Waals surface area (Å²) in [5.41, 5.74) is 0.828. The van der Waals surface area contributed by atoms with Crippen molar-refractivity contribution in [3.8, 4) is 11.5 Å². The summed E-state index contributed by atoms with van der Waals surface area (Å²) in [7, 11) is -3.53. The van der Waals surface area contributed by atoms with Crippen LogP contribution >= 0.6 is 11.3 Å². The molecule has 9 heteroatoms. The molecule has 3 rings (SSSR count). The fourth-order valence-corrected chi connectivity index (χ4v) is 6.54. The third-order valence-corrected chi connectivity index (χ3v) is 8.27. The molecule has 1 saturated heterocycles. The van der Waals surface area contributed by atoms with Gasteiger partial charge in [0, 0.05) is 42.0 Å². The Balaban J connectivity index is 1.63. The number of ether oxygens (including phenoxy) is 2. The molecule has 32 heavy (non-hydrogen) atoms. The first-order valence-corrected chi connectivity index (χ1v) is 13.0. The Bertz CT molecular complexity index is 1080. The molecule has 1 aliphatic rings. The molecule has 0 N–H and O–H groups in total. The highest BCUT2D eigenvalue weighted by Gasteiger charge is 2.31. The number of rotatable bonds is 8. The van der Waals surface area contributed by atoms with Gasteiger partial charge >= 0.3 is 0 Å². The molecular formula is C23H30N2O5S2. The lowest BCUT2D eigenvalue weighted by Crippen LogP contribution is -2.50. The second kappa shape index (κ2) is 10.5. The van der Waals surface area contributed by atoms with Gasteiger partial charge in [-0.1, -0.05) is 6.07 Å². The van der Waals surface area contributed by atoms with E-state index in [1.807, 2.05) is 45.9 Å². The number of carbonyl (C=O) groups excluding carboxylic acids is 1. The molecule has 1 fully saturated rings. The van der Waals surface area contributed by atoms with Gasteiger partial charge in [0.05, 0.1) is 18.1 Å². The van der Waals surface area contributed by atoms with Gasteiger partial charge in [-0.25, -0.2) is 8.42 Å². The molecule has 0 atom stereocenters. The molecule has 0 unspecified atom stereocenters. The molecule has 0 bridgehead atoms. The van der Waals surface area contributed by atoms with Gasteiger partial charge in [-0.2, -0.15) is 4.31 Å². The van der Waals surface area contributed by atoms with Gasteiger partial charge in [-0.3, -0.25) is 4.79 Å². The molecule has 1 aromatic carbocycles. The number of benzene rings is 1. The summed E-state index contributed by atoms with van der Waals surface area (Å²) < 4.78 is 38.6. The van der Waals surface area contributed by atoms with Crippen molar-refractivity contribution in [3.05, 3.63) is 45.7 Å². The monoisotopic (exact) mass is 478 g/mol. The predicted molar refractivity (Wildman–Crippen MR) is 127 cm³/mol. The van der Waals surface area contributed by atoms with E-state index in [0.29, 0.717) is 42.7 Å². The third-order valence-electron chi connectivity index (χ3n) is 5.15. The van der Waals surface area contributed by atoms with Gasteiger partial charge in [0.25, 0.3) is 0 Å². The van der Waals surface area contributed by atoms with Crippen molar-refractivity contribution in [3.63, 3.8) is 0 Å². The van der Waals surface area contributed by atoms with Crippen LogP contribution < -0.4 is 9.47 Å². The van der Waals surface area contributed by atoms with E-state index < -0.39 is 10.0 Å². The van der Waals surface area contributed by atoms with E-state index in [-0.39, 0.29) is 19.0 Å². The maximum absolute atomic E-state index is 13.0. The lowest BCUT2D eigenvalue weighted by Gasteiger charge is -2.33. The normalized spacial score (nSPS) is 15.3. The van der Waals surface area contributed by atoms with Crippen LogP contribution in [-0.4, -0.2) is 62.9 Å². The Hall–Kier alpha value is -2.36.